The minimum absolute atomic E-state index is 0.302. The zero-order valence-electron chi connectivity index (χ0n) is 13.6. The highest BCUT2D eigenvalue weighted by atomic mass is 16.5. The molecule has 0 fully saturated rings. The van der Waals surface area contributed by atoms with Gasteiger partial charge in [0.15, 0.2) is 0 Å². The second-order valence-corrected chi connectivity index (χ2v) is 5.91. The predicted molar refractivity (Wildman–Crippen MR) is 91.4 cm³/mol. The quantitative estimate of drug-likeness (QED) is 0.789. The third-order valence-electron chi connectivity index (χ3n) is 4.45. The first kappa shape index (κ1) is 15.4. The van der Waals surface area contributed by atoms with Gasteiger partial charge in [-0.15, -0.1) is 0 Å². The van der Waals surface area contributed by atoms with E-state index < -0.39 is 18.0 Å². The van der Waals surface area contributed by atoms with Crippen molar-refractivity contribution in [1.82, 2.24) is 0 Å². The molecule has 6 heteroatoms. The molecule has 0 bridgehead atoms. The summed E-state index contributed by atoms with van der Waals surface area (Å²) in [6.45, 7) is 0. The van der Waals surface area contributed by atoms with E-state index in [1.54, 1.807) is 23.2 Å². The number of benzene rings is 2. The van der Waals surface area contributed by atoms with Crippen LogP contribution in [-0.4, -0.2) is 30.8 Å². The molecule has 126 valence electrons. The summed E-state index contributed by atoms with van der Waals surface area (Å²) >= 11 is 0. The smallest absolute Gasteiger partial charge is 0.354 e. The second kappa shape index (κ2) is 6.05. The fourth-order valence-corrected chi connectivity index (χ4v) is 3.28. The van der Waals surface area contributed by atoms with E-state index in [0.717, 1.165) is 5.56 Å². The van der Waals surface area contributed by atoms with Gasteiger partial charge in [-0.1, -0.05) is 42.5 Å². The van der Waals surface area contributed by atoms with Crippen LogP contribution in [0, 0.1) is 0 Å². The Labute approximate surface area is 144 Å². The Morgan fingerprint density at radius 2 is 1.88 bits per heavy atom. The number of esters is 2. The first-order valence-corrected chi connectivity index (χ1v) is 7.99. The number of hydrazone groups is 1. The van der Waals surface area contributed by atoms with Crippen LogP contribution >= 0.6 is 0 Å². The monoisotopic (exact) mass is 336 g/mol. The van der Waals surface area contributed by atoms with E-state index in [-0.39, 0.29) is 6.04 Å². The van der Waals surface area contributed by atoms with Crippen molar-refractivity contribution >= 4 is 23.3 Å². The van der Waals surface area contributed by atoms with E-state index in [1.165, 1.54) is 7.11 Å². The zero-order valence-corrected chi connectivity index (χ0v) is 13.6. The summed E-state index contributed by atoms with van der Waals surface area (Å²) in [5.74, 6) is -0.864. The number of carbonyl (C=O) groups is 2. The van der Waals surface area contributed by atoms with E-state index in [0.29, 0.717) is 23.4 Å². The predicted octanol–water partition coefficient (Wildman–Crippen LogP) is 2.71. The molecule has 0 amide bonds. The van der Waals surface area contributed by atoms with Crippen molar-refractivity contribution in [3.63, 3.8) is 0 Å². The van der Waals surface area contributed by atoms with E-state index in [9.17, 15) is 9.59 Å². The molecule has 0 aromatic heterocycles. The average molecular weight is 336 g/mol. The molecule has 0 radical (unpaired) electrons. The molecule has 0 unspecified atom stereocenters. The number of nitrogens with zero attached hydrogens (tertiary/aromatic N) is 2. The van der Waals surface area contributed by atoms with E-state index >= 15 is 0 Å². The van der Waals surface area contributed by atoms with Gasteiger partial charge >= 0.3 is 11.9 Å². The molecule has 0 spiro atoms. The van der Waals surface area contributed by atoms with Crippen LogP contribution in [0.2, 0.25) is 0 Å². The Kier molecular flexibility index (Phi) is 3.72. The molecular weight excluding hydrogens is 320 g/mol. The molecule has 2 aromatic rings. The Morgan fingerprint density at radius 1 is 1.16 bits per heavy atom. The zero-order chi connectivity index (χ0) is 17.4. The number of para-hydroxylation sites is 1. The molecule has 2 heterocycles. The fraction of sp³-hybridized carbons (Fsp3) is 0.211. The van der Waals surface area contributed by atoms with Crippen LogP contribution in [0.1, 0.15) is 28.4 Å². The van der Waals surface area contributed by atoms with Crippen LogP contribution in [0.25, 0.3) is 0 Å². The summed E-state index contributed by atoms with van der Waals surface area (Å²) in [6, 6.07) is 16.3. The Bertz CT molecular complexity index is 863. The largest absolute Gasteiger partial charge is 0.464 e. The highest BCUT2D eigenvalue weighted by Crippen LogP contribution is 2.40. The summed E-state index contributed by atoms with van der Waals surface area (Å²) in [4.78, 5) is 24.6. The summed E-state index contributed by atoms with van der Waals surface area (Å²) in [7, 11) is 1.33. The number of hydrogen-bond acceptors (Lipinski definition) is 6. The van der Waals surface area contributed by atoms with Gasteiger partial charge in [0.1, 0.15) is 11.8 Å². The van der Waals surface area contributed by atoms with Crippen molar-refractivity contribution in [2.24, 2.45) is 5.10 Å². The van der Waals surface area contributed by atoms with Crippen molar-refractivity contribution in [3.05, 3.63) is 65.7 Å². The number of hydrogen-bond donors (Lipinski definition) is 0. The van der Waals surface area contributed by atoms with Gasteiger partial charge in [0.25, 0.3) is 0 Å². The van der Waals surface area contributed by atoms with Gasteiger partial charge in [-0.05, 0) is 17.7 Å². The number of cyclic esters (lactones) is 1. The van der Waals surface area contributed by atoms with Crippen LogP contribution < -0.4 is 5.01 Å². The Morgan fingerprint density at radius 3 is 2.64 bits per heavy atom. The molecular formula is C19H16N2O4. The van der Waals surface area contributed by atoms with Gasteiger partial charge in [-0.2, -0.15) is 5.10 Å². The van der Waals surface area contributed by atoms with Crippen molar-refractivity contribution in [1.29, 1.82) is 0 Å². The third-order valence-corrected chi connectivity index (χ3v) is 4.45. The Balaban J connectivity index is 1.83. The van der Waals surface area contributed by atoms with Gasteiger partial charge in [0, 0.05) is 6.42 Å². The minimum Gasteiger partial charge on any atom is -0.464 e. The summed E-state index contributed by atoms with van der Waals surface area (Å²) in [5.41, 5.74) is 2.25. The first-order valence-electron chi connectivity index (χ1n) is 7.99. The number of ether oxygens (including phenoxy) is 2. The second-order valence-electron chi connectivity index (χ2n) is 5.91. The van der Waals surface area contributed by atoms with Crippen LogP contribution in [0.15, 0.2) is 59.7 Å². The van der Waals surface area contributed by atoms with Crippen molar-refractivity contribution in [2.45, 2.75) is 18.6 Å². The SMILES string of the molecule is COC(=O)C1=NN2c3ccccc3C(=O)O[C@@H](c3ccccc3)[C@H]2C1. The number of carbonyl (C=O) groups excluding carboxylic acids is 2. The fourth-order valence-electron chi connectivity index (χ4n) is 3.28. The van der Waals surface area contributed by atoms with Gasteiger partial charge in [-0.3, -0.25) is 5.01 Å². The lowest BCUT2D eigenvalue weighted by Crippen LogP contribution is -2.33. The molecule has 0 saturated carbocycles. The van der Waals surface area contributed by atoms with Crippen molar-refractivity contribution < 1.29 is 19.1 Å². The molecule has 0 aliphatic carbocycles. The normalized spacial score (nSPS) is 21.6. The highest BCUT2D eigenvalue weighted by Gasteiger charge is 2.43. The van der Waals surface area contributed by atoms with E-state index in [4.69, 9.17) is 9.47 Å². The molecule has 2 atom stereocenters. The number of fused-ring (bicyclic) bond motifs is 3. The van der Waals surface area contributed by atoms with Crippen molar-refractivity contribution in [3.8, 4) is 0 Å². The maximum absolute atomic E-state index is 12.6. The van der Waals surface area contributed by atoms with Crippen LogP contribution in [0.5, 0.6) is 0 Å². The molecule has 2 aliphatic rings. The molecule has 4 rings (SSSR count). The Hall–Kier alpha value is -3.15. The van der Waals surface area contributed by atoms with Crippen LogP contribution in [0.3, 0.4) is 0 Å². The number of rotatable bonds is 2. The van der Waals surface area contributed by atoms with Gasteiger partial charge in [0.05, 0.1) is 24.4 Å². The summed E-state index contributed by atoms with van der Waals surface area (Å²) < 4.78 is 10.6. The number of methoxy groups -OCH3 is 1. The standard InChI is InChI=1S/C19H16N2O4/c1-24-19(23)14-11-16-17(12-7-3-2-4-8-12)25-18(22)13-9-5-6-10-15(13)21(16)20-14/h2-10,16-17H,11H2,1H3/t16-,17+/m1/s1. The molecule has 6 nitrogen and oxygen atoms in total. The highest BCUT2D eigenvalue weighted by molar-refractivity contribution is 6.37. The lowest BCUT2D eigenvalue weighted by Gasteiger charge is -2.27. The molecule has 25 heavy (non-hydrogen) atoms. The van der Waals surface area contributed by atoms with Crippen LogP contribution in [-0.2, 0) is 14.3 Å². The van der Waals surface area contributed by atoms with Crippen LogP contribution in [0.4, 0.5) is 5.69 Å². The minimum atomic E-state index is -0.535. The maximum Gasteiger partial charge on any atom is 0.354 e. The number of anilines is 1. The molecule has 2 aromatic carbocycles. The van der Waals surface area contributed by atoms with Crippen molar-refractivity contribution in [2.75, 3.05) is 12.1 Å². The van der Waals surface area contributed by atoms with Gasteiger partial charge in [-0.25, -0.2) is 9.59 Å². The maximum atomic E-state index is 12.6. The lowest BCUT2D eigenvalue weighted by molar-refractivity contribution is -0.132. The molecule has 0 N–H and O–H groups in total. The van der Waals surface area contributed by atoms with E-state index in [1.807, 2.05) is 36.4 Å². The summed E-state index contributed by atoms with van der Waals surface area (Å²) in [5, 5.41) is 6.15. The lowest BCUT2D eigenvalue weighted by atomic mass is 9.98. The van der Waals surface area contributed by atoms with Gasteiger partial charge < -0.3 is 9.47 Å². The average Bonchev–Trinajstić information content (AvgIpc) is 3.06. The molecule has 2 aliphatic heterocycles. The van der Waals surface area contributed by atoms with Gasteiger partial charge in [0.2, 0.25) is 0 Å². The topological polar surface area (TPSA) is 68.2 Å². The van der Waals surface area contributed by atoms with E-state index in [2.05, 4.69) is 5.10 Å². The third kappa shape index (κ3) is 2.55. The first-order chi connectivity index (χ1) is 12.2. The summed E-state index contributed by atoms with van der Waals surface area (Å²) in [6.07, 6.45) is -0.194. The molecule has 0 saturated heterocycles.